The van der Waals surface area contributed by atoms with Gasteiger partial charge in [-0.25, -0.2) is 0 Å². The normalized spacial score (nSPS) is 10.7. The molecule has 0 aliphatic carbocycles. The fourth-order valence-corrected chi connectivity index (χ4v) is 3.37. The Kier molecular flexibility index (Phi) is 4.96. The van der Waals surface area contributed by atoms with Crippen LogP contribution in [-0.2, 0) is 17.9 Å². The highest BCUT2D eigenvalue weighted by atomic mass is 32.1. The Bertz CT molecular complexity index is 897. The topological polar surface area (TPSA) is 60.3 Å². The number of hydrogen-bond donors (Lipinski definition) is 1. The molecule has 124 valence electrons. The summed E-state index contributed by atoms with van der Waals surface area (Å²) in [5, 5.41) is 3.49. The molecule has 5 nitrogen and oxygen atoms in total. The highest BCUT2D eigenvalue weighted by Crippen LogP contribution is 2.15. The molecule has 0 saturated heterocycles. The molecule has 24 heavy (non-hydrogen) atoms. The van der Waals surface area contributed by atoms with Crippen molar-refractivity contribution in [2.24, 2.45) is 0 Å². The van der Waals surface area contributed by atoms with Gasteiger partial charge in [0.1, 0.15) is 12.3 Å². The van der Waals surface area contributed by atoms with Crippen LogP contribution in [0.4, 0.5) is 0 Å². The average molecular weight is 342 g/mol. The van der Waals surface area contributed by atoms with E-state index in [1.54, 1.807) is 6.07 Å². The zero-order valence-electron chi connectivity index (χ0n) is 13.3. The van der Waals surface area contributed by atoms with Gasteiger partial charge >= 0.3 is 0 Å². The minimum atomic E-state index is -0.183. The van der Waals surface area contributed by atoms with Crippen LogP contribution < -0.4 is 15.6 Å². The van der Waals surface area contributed by atoms with Gasteiger partial charge in [0.05, 0.1) is 16.7 Å². The monoisotopic (exact) mass is 342 g/mol. The quantitative estimate of drug-likeness (QED) is 0.749. The van der Waals surface area contributed by atoms with E-state index in [0.717, 1.165) is 16.0 Å². The van der Waals surface area contributed by atoms with E-state index in [9.17, 15) is 9.59 Å². The first kappa shape index (κ1) is 16.3. The third kappa shape index (κ3) is 3.65. The first-order valence-electron chi connectivity index (χ1n) is 7.74. The van der Waals surface area contributed by atoms with E-state index in [1.165, 1.54) is 15.5 Å². The molecule has 1 aromatic heterocycles. The van der Waals surface area contributed by atoms with Crippen LogP contribution in [0.3, 0.4) is 0 Å². The molecule has 1 heterocycles. The molecule has 3 aromatic rings. The van der Waals surface area contributed by atoms with Crippen molar-refractivity contribution in [3.8, 4) is 5.75 Å². The third-order valence-electron chi connectivity index (χ3n) is 3.56. The van der Waals surface area contributed by atoms with Crippen LogP contribution in [-0.4, -0.2) is 16.5 Å². The van der Waals surface area contributed by atoms with E-state index >= 15 is 0 Å². The molecule has 0 radical (unpaired) electrons. The van der Waals surface area contributed by atoms with E-state index < -0.39 is 0 Å². The Morgan fingerprint density at radius 1 is 1.17 bits per heavy atom. The minimum absolute atomic E-state index is 0.0369. The maximum atomic E-state index is 12.2. The van der Waals surface area contributed by atoms with Gasteiger partial charge in [-0.2, -0.15) is 0 Å². The zero-order valence-corrected chi connectivity index (χ0v) is 14.1. The standard InChI is InChI=1S/C18H18N2O3S/c1-2-23-14-9-7-13(8-10-14)11-19-17(21)12-20-18(22)15-5-3-4-6-16(15)24-20/h3-10H,2,11-12H2,1H3,(H,19,21). The second-order valence-electron chi connectivity index (χ2n) is 5.28. The highest BCUT2D eigenvalue weighted by Gasteiger charge is 2.10. The summed E-state index contributed by atoms with van der Waals surface area (Å²) in [7, 11) is 0. The second kappa shape index (κ2) is 7.31. The number of ether oxygens (including phenoxy) is 1. The molecule has 1 N–H and O–H groups in total. The fourth-order valence-electron chi connectivity index (χ4n) is 2.38. The maximum Gasteiger partial charge on any atom is 0.268 e. The van der Waals surface area contributed by atoms with Crippen molar-refractivity contribution in [3.63, 3.8) is 0 Å². The average Bonchev–Trinajstić information content (AvgIpc) is 2.91. The summed E-state index contributed by atoms with van der Waals surface area (Å²) < 4.78 is 7.76. The van der Waals surface area contributed by atoms with Gasteiger partial charge in [0.15, 0.2) is 0 Å². The van der Waals surface area contributed by atoms with Crippen molar-refractivity contribution in [2.75, 3.05) is 6.61 Å². The van der Waals surface area contributed by atoms with E-state index in [-0.39, 0.29) is 18.0 Å². The lowest BCUT2D eigenvalue weighted by Gasteiger charge is -2.07. The Morgan fingerprint density at radius 2 is 1.92 bits per heavy atom. The summed E-state index contributed by atoms with van der Waals surface area (Å²) in [4.78, 5) is 24.3. The molecule has 0 unspecified atom stereocenters. The number of fused-ring (bicyclic) bond motifs is 1. The lowest BCUT2D eigenvalue weighted by molar-refractivity contribution is -0.121. The van der Waals surface area contributed by atoms with Crippen molar-refractivity contribution in [1.82, 2.24) is 9.27 Å². The van der Waals surface area contributed by atoms with E-state index in [4.69, 9.17) is 4.74 Å². The van der Waals surface area contributed by atoms with Gasteiger partial charge in [-0.15, -0.1) is 0 Å². The van der Waals surface area contributed by atoms with Crippen LogP contribution >= 0.6 is 11.5 Å². The molecule has 0 atom stereocenters. The molecule has 6 heteroatoms. The number of carbonyl (C=O) groups excluding carboxylic acids is 1. The molecular formula is C18H18N2O3S. The SMILES string of the molecule is CCOc1ccc(CNC(=O)Cn2sc3ccccc3c2=O)cc1. The van der Waals surface area contributed by atoms with Gasteiger partial charge in [-0.05, 0) is 36.8 Å². The predicted octanol–water partition coefficient (Wildman–Crippen LogP) is 2.78. The van der Waals surface area contributed by atoms with Crippen LogP contribution in [0.2, 0.25) is 0 Å². The Labute approximate surface area is 143 Å². The van der Waals surface area contributed by atoms with Crippen molar-refractivity contribution < 1.29 is 9.53 Å². The second-order valence-corrected chi connectivity index (χ2v) is 6.35. The molecule has 0 aliphatic heterocycles. The van der Waals surface area contributed by atoms with Gasteiger partial charge in [-0.1, -0.05) is 35.8 Å². The molecule has 2 aromatic carbocycles. The number of aromatic nitrogens is 1. The summed E-state index contributed by atoms with van der Waals surface area (Å²) in [6.07, 6.45) is 0. The van der Waals surface area contributed by atoms with Crippen LogP contribution in [0.1, 0.15) is 12.5 Å². The molecule has 3 rings (SSSR count). The van der Waals surface area contributed by atoms with Crippen molar-refractivity contribution in [2.45, 2.75) is 20.0 Å². The Morgan fingerprint density at radius 3 is 2.62 bits per heavy atom. The highest BCUT2D eigenvalue weighted by molar-refractivity contribution is 7.13. The van der Waals surface area contributed by atoms with E-state index in [0.29, 0.717) is 18.5 Å². The Balaban J connectivity index is 1.60. The molecule has 0 bridgehead atoms. The summed E-state index contributed by atoms with van der Waals surface area (Å²) in [6.45, 7) is 3.02. The van der Waals surface area contributed by atoms with Gasteiger partial charge in [0, 0.05) is 6.54 Å². The molecule has 0 aliphatic rings. The Hall–Kier alpha value is -2.60. The van der Waals surface area contributed by atoms with Gasteiger partial charge in [0.25, 0.3) is 5.56 Å². The number of benzene rings is 2. The number of carbonyl (C=O) groups is 1. The summed E-state index contributed by atoms with van der Waals surface area (Å²) in [5.74, 6) is 0.627. The van der Waals surface area contributed by atoms with Crippen LogP contribution in [0.5, 0.6) is 5.75 Å². The lowest BCUT2D eigenvalue weighted by atomic mass is 10.2. The smallest absolute Gasteiger partial charge is 0.268 e. The maximum absolute atomic E-state index is 12.2. The zero-order chi connectivity index (χ0) is 16.9. The lowest BCUT2D eigenvalue weighted by Crippen LogP contribution is -2.29. The largest absolute Gasteiger partial charge is 0.494 e. The van der Waals surface area contributed by atoms with Crippen molar-refractivity contribution in [1.29, 1.82) is 0 Å². The first-order chi connectivity index (χ1) is 11.7. The molecule has 0 fully saturated rings. The van der Waals surface area contributed by atoms with Crippen LogP contribution in [0, 0.1) is 0 Å². The van der Waals surface area contributed by atoms with Crippen molar-refractivity contribution in [3.05, 3.63) is 64.4 Å². The third-order valence-corrected chi connectivity index (χ3v) is 4.63. The van der Waals surface area contributed by atoms with E-state index in [2.05, 4.69) is 5.32 Å². The summed E-state index contributed by atoms with van der Waals surface area (Å²) in [5.41, 5.74) is 0.863. The number of nitrogens with zero attached hydrogens (tertiary/aromatic N) is 1. The summed E-state index contributed by atoms with van der Waals surface area (Å²) >= 11 is 1.31. The number of nitrogens with one attached hydrogen (secondary N) is 1. The van der Waals surface area contributed by atoms with Gasteiger partial charge < -0.3 is 10.1 Å². The van der Waals surface area contributed by atoms with Gasteiger partial charge in [-0.3, -0.25) is 13.5 Å². The molecule has 0 spiro atoms. The van der Waals surface area contributed by atoms with Crippen molar-refractivity contribution >= 4 is 27.5 Å². The summed E-state index contributed by atoms with van der Waals surface area (Å²) in [6, 6.07) is 15.0. The number of hydrogen-bond acceptors (Lipinski definition) is 4. The van der Waals surface area contributed by atoms with E-state index in [1.807, 2.05) is 49.4 Å². The van der Waals surface area contributed by atoms with Crippen LogP contribution in [0.15, 0.2) is 53.3 Å². The molecular weight excluding hydrogens is 324 g/mol. The molecule has 1 amide bonds. The first-order valence-corrected chi connectivity index (χ1v) is 8.52. The minimum Gasteiger partial charge on any atom is -0.494 e. The predicted molar refractivity (Wildman–Crippen MR) is 95.5 cm³/mol. The van der Waals surface area contributed by atoms with Crippen LogP contribution in [0.25, 0.3) is 10.1 Å². The number of amides is 1. The number of rotatable bonds is 6. The fraction of sp³-hybridized carbons (Fsp3) is 0.222. The van der Waals surface area contributed by atoms with Gasteiger partial charge in [0.2, 0.25) is 5.91 Å². The molecule has 0 saturated carbocycles.